The van der Waals surface area contributed by atoms with Crippen LogP contribution in [-0.4, -0.2) is 25.2 Å². The Kier molecular flexibility index (Phi) is 4.98. The molecule has 0 unspecified atom stereocenters. The molecule has 0 amide bonds. The average Bonchev–Trinajstić information content (AvgIpc) is 3.37. The van der Waals surface area contributed by atoms with Crippen LogP contribution in [0.3, 0.4) is 0 Å². The van der Waals surface area contributed by atoms with Gasteiger partial charge in [-0.1, -0.05) is 35.3 Å². The van der Waals surface area contributed by atoms with E-state index in [0.717, 1.165) is 15.8 Å². The van der Waals surface area contributed by atoms with E-state index in [1.807, 2.05) is 39.8 Å². The van der Waals surface area contributed by atoms with Gasteiger partial charge in [-0.25, -0.2) is 4.79 Å². The minimum absolute atomic E-state index is 0.344. The summed E-state index contributed by atoms with van der Waals surface area (Å²) in [6, 6.07) is 13.0. The number of rotatable bonds is 4. The predicted molar refractivity (Wildman–Crippen MR) is 124 cm³/mol. The first-order valence-corrected chi connectivity index (χ1v) is 10.7. The van der Waals surface area contributed by atoms with Crippen molar-refractivity contribution in [2.45, 2.75) is 13.2 Å². The Bertz CT molecular complexity index is 1490. The number of benzene rings is 2. The second-order valence-corrected chi connectivity index (χ2v) is 8.44. The zero-order valence-corrected chi connectivity index (χ0v) is 18.9. The Morgan fingerprint density at radius 2 is 1.81 bits per heavy atom. The maximum absolute atomic E-state index is 12.7. The van der Waals surface area contributed by atoms with Gasteiger partial charge in [-0.2, -0.15) is 4.98 Å². The molecule has 0 spiro atoms. The van der Waals surface area contributed by atoms with Crippen LogP contribution < -0.4 is 20.9 Å². The molecule has 2 aromatic carbocycles. The summed E-state index contributed by atoms with van der Waals surface area (Å²) in [6.45, 7) is 1.59. The number of ether oxygens (including phenoxy) is 1. The molecule has 4 aromatic rings. The van der Waals surface area contributed by atoms with Gasteiger partial charge in [0.05, 0.1) is 10.0 Å². The third-order valence-corrected chi connectivity index (χ3v) is 6.37. The molecule has 0 atom stereocenters. The van der Waals surface area contributed by atoms with Crippen LogP contribution in [0.25, 0.3) is 11.2 Å². The van der Waals surface area contributed by atoms with Gasteiger partial charge >= 0.3 is 5.69 Å². The number of nitrogens with zero attached hydrogens (tertiary/aromatic N) is 5. The Labute approximate surface area is 192 Å². The first-order chi connectivity index (χ1) is 15.3. The highest BCUT2D eigenvalue weighted by molar-refractivity contribution is 6.42. The van der Waals surface area contributed by atoms with Gasteiger partial charge in [-0.3, -0.25) is 13.9 Å². The predicted octanol–water partition coefficient (Wildman–Crippen LogP) is 3.47. The van der Waals surface area contributed by atoms with Crippen LogP contribution in [0.5, 0.6) is 5.75 Å². The molecule has 5 rings (SSSR count). The fourth-order valence-electron chi connectivity index (χ4n) is 3.93. The molecule has 1 aliphatic rings. The zero-order valence-electron chi connectivity index (χ0n) is 17.4. The van der Waals surface area contributed by atoms with E-state index in [-0.39, 0.29) is 5.56 Å². The van der Waals surface area contributed by atoms with E-state index in [4.69, 9.17) is 27.9 Å². The lowest BCUT2D eigenvalue weighted by Crippen LogP contribution is -2.37. The Morgan fingerprint density at radius 3 is 2.59 bits per heavy atom. The van der Waals surface area contributed by atoms with Gasteiger partial charge in [0.15, 0.2) is 11.2 Å². The van der Waals surface area contributed by atoms with Crippen LogP contribution >= 0.6 is 23.2 Å². The molecule has 0 fully saturated rings. The summed E-state index contributed by atoms with van der Waals surface area (Å²) in [7, 11) is 3.10. The Morgan fingerprint density at radius 1 is 1.00 bits per heavy atom. The van der Waals surface area contributed by atoms with Gasteiger partial charge in [0.25, 0.3) is 5.56 Å². The lowest BCUT2D eigenvalue weighted by Gasteiger charge is -2.17. The molecule has 2 aromatic heterocycles. The number of hydrogen-bond donors (Lipinski definition) is 0. The van der Waals surface area contributed by atoms with E-state index < -0.39 is 5.69 Å². The van der Waals surface area contributed by atoms with E-state index in [2.05, 4.69) is 4.98 Å². The van der Waals surface area contributed by atoms with Crippen molar-refractivity contribution in [3.8, 4) is 5.75 Å². The van der Waals surface area contributed by atoms with Crippen molar-refractivity contribution in [1.29, 1.82) is 0 Å². The molecule has 32 heavy (non-hydrogen) atoms. The Balaban J connectivity index is 1.47. The van der Waals surface area contributed by atoms with Gasteiger partial charge in [-0.05, 0) is 29.8 Å². The molecule has 8 nitrogen and oxygen atoms in total. The van der Waals surface area contributed by atoms with Crippen LogP contribution in [0.2, 0.25) is 10.0 Å². The van der Waals surface area contributed by atoms with E-state index in [0.29, 0.717) is 52.6 Å². The van der Waals surface area contributed by atoms with Crippen molar-refractivity contribution in [1.82, 2.24) is 18.7 Å². The molecule has 0 bridgehead atoms. The molecular weight excluding hydrogens is 453 g/mol. The molecular formula is C22H19Cl2N5O3. The highest BCUT2D eigenvalue weighted by Crippen LogP contribution is 2.33. The normalized spacial score (nSPS) is 13.1. The molecule has 0 saturated heterocycles. The molecule has 3 heterocycles. The van der Waals surface area contributed by atoms with Gasteiger partial charge in [0.1, 0.15) is 12.4 Å². The summed E-state index contributed by atoms with van der Waals surface area (Å²) in [5.74, 6) is 1.31. The zero-order chi connectivity index (χ0) is 22.6. The van der Waals surface area contributed by atoms with Crippen LogP contribution in [0.4, 0.5) is 11.6 Å². The maximum atomic E-state index is 12.7. The first-order valence-electron chi connectivity index (χ1n) is 9.95. The van der Waals surface area contributed by atoms with Crippen LogP contribution in [0, 0.1) is 0 Å². The summed E-state index contributed by atoms with van der Waals surface area (Å²) in [5, 5.41) is 0.986. The van der Waals surface area contributed by atoms with Crippen molar-refractivity contribution in [2.75, 3.05) is 11.4 Å². The molecule has 0 radical (unpaired) electrons. The van der Waals surface area contributed by atoms with Crippen molar-refractivity contribution >= 4 is 46.0 Å². The summed E-state index contributed by atoms with van der Waals surface area (Å²) in [4.78, 5) is 31.6. The topological polar surface area (TPSA) is 74.3 Å². The summed E-state index contributed by atoms with van der Waals surface area (Å²) < 4.78 is 10.3. The van der Waals surface area contributed by atoms with E-state index in [9.17, 15) is 9.59 Å². The van der Waals surface area contributed by atoms with Crippen LogP contribution in [0.15, 0.2) is 52.1 Å². The van der Waals surface area contributed by atoms with E-state index in [1.165, 1.54) is 11.6 Å². The van der Waals surface area contributed by atoms with Gasteiger partial charge in [0.2, 0.25) is 5.95 Å². The van der Waals surface area contributed by atoms with Crippen LogP contribution in [0.1, 0.15) is 5.56 Å². The van der Waals surface area contributed by atoms with Crippen molar-refractivity contribution in [3.63, 3.8) is 0 Å². The highest BCUT2D eigenvalue weighted by Gasteiger charge is 2.28. The number of aromatic nitrogens is 4. The first kappa shape index (κ1) is 20.7. The number of imidazole rings is 1. The molecule has 164 valence electrons. The second-order valence-electron chi connectivity index (χ2n) is 7.63. The SMILES string of the molecule is Cn1c(=O)c2c(nc3n2CCN3c2cccc(OCc3ccc(Cl)c(Cl)c3)c2)n(C)c1=O. The number of anilines is 2. The fraction of sp³-hybridized carbons (Fsp3) is 0.227. The van der Waals surface area contributed by atoms with Gasteiger partial charge < -0.3 is 14.2 Å². The van der Waals surface area contributed by atoms with Crippen molar-refractivity contribution in [2.24, 2.45) is 14.1 Å². The molecule has 0 aliphatic carbocycles. The van der Waals surface area contributed by atoms with E-state index in [1.54, 1.807) is 19.2 Å². The molecule has 0 N–H and O–H groups in total. The summed E-state index contributed by atoms with van der Waals surface area (Å²) in [5.41, 5.74) is 1.85. The van der Waals surface area contributed by atoms with Gasteiger partial charge in [0, 0.05) is 38.9 Å². The lowest BCUT2D eigenvalue weighted by atomic mass is 10.2. The lowest BCUT2D eigenvalue weighted by molar-refractivity contribution is 0.306. The fourth-order valence-corrected chi connectivity index (χ4v) is 4.26. The summed E-state index contributed by atoms with van der Waals surface area (Å²) in [6.07, 6.45) is 0. The summed E-state index contributed by atoms with van der Waals surface area (Å²) >= 11 is 12.1. The molecule has 10 heteroatoms. The second kappa shape index (κ2) is 7.72. The monoisotopic (exact) mass is 471 g/mol. The molecule has 0 saturated carbocycles. The third-order valence-electron chi connectivity index (χ3n) is 5.64. The number of halogens is 2. The number of aryl methyl sites for hydroxylation is 1. The minimum Gasteiger partial charge on any atom is -0.489 e. The Hall–Kier alpha value is -3.23. The van der Waals surface area contributed by atoms with Gasteiger partial charge in [-0.15, -0.1) is 0 Å². The van der Waals surface area contributed by atoms with Crippen LogP contribution in [-0.2, 0) is 27.2 Å². The quantitative estimate of drug-likeness (QED) is 0.455. The highest BCUT2D eigenvalue weighted by atomic mass is 35.5. The molecule has 1 aliphatic heterocycles. The maximum Gasteiger partial charge on any atom is 0.332 e. The smallest absolute Gasteiger partial charge is 0.332 e. The number of hydrogen-bond acceptors (Lipinski definition) is 5. The van der Waals surface area contributed by atoms with Crippen molar-refractivity contribution < 1.29 is 4.74 Å². The standard InChI is InChI=1S/C22H19Cl2N5O3/c1-26-19-18(20(30)27(2)22(26)31)29-9-8-28(21(29)25-19)14-4-3-5-15(11-14)32-12-13-6-7-16(23)17(24)10-13/h3-7,10-11H,8-9,12H2,1-2H3. The average molecular weight is 472 g/mol. The van der Waals surface area contributed by atoms with Crippen molar-refractivity contribution in [3.05, 3.63) is 78.9 Å². The largest absolute Gasteiger partial charge is 0.489 e. The number of fused-ring (bicyclic) bond motifs is 3. The van der Waals surface area contributed by atoms with E-state index >= 15 is 0 Å². The third kappa shape index (κ3) is 3.27. The minimum atomic E-state index is -0.400.